The normalized spacial score (nSPS) is 10.3. The minimum Gasteiger partial charge on any atom is -0.506 e. The number of nitrogens with one attached hydrogen (secondary N) is 1. The number of carbonyl (C=O) groups excluding carboxylic acids is 2. The van der Waals surface area contributed by atoms with Gasteiger partial charge in [-0.15, -0.1) is 0 Å². The van der Waals surface area contributed by atoms with Gasteiger partial charge in [0.2, 0.25) is 5.91 Å². The monoisotopic (exact) mass is 327 g/mol. The van der Waals surface area contributed by atoms with Crippen molar-refractivity contribution in [2.75, 3.05) is 12.4 Å². The minimum atomic E-state index is -0.325. The fraction of sp³-hybridized carbons (Fsp3) is 0.263. The number of ether oxygens (including phenoxy) is 1. The lowest BCUT2D eigenvalue weighted by molar-refractivity contribution is -0.116. The predicted molar refractivity (Wildman–Crippen MR) is 92.8 cm³/mol. The number of aryl methyl sites for hydroxylation is 2. The molecule has 2 aromatic carbocycles. The molecule has 0 radical (unpaired) electrons. The summed E-state index contributed by atoms with van der Waals surface area (Å²) < 4.78 is 5.20. The van der Waals surface area contributed by atoms with Crippen molar-refractivity contribution >= 4 is 17.4 Å². The average molecular weight is 327 g/mol. The predicted octanol–water partition coefficient (Wildman–Crippen LogP) is 3.62. The first-order chi connectivity index (χ1) is 11.4. The van der Waals surface area contributed by atoms with E-state index in [0.717, 1.165) is 11.1 Å². The van der Waals surface area contributed by atoms with Gasteiger partial charge in [-0.1, -0.05) is 17.7 Å². The third-order valence-corrected chi connectivity index (χ3v) is 3.66. The molecule has 126 valence electrons. The number of aromatic hydroxyl groups is 1. The first kappa shape index (κ1) is 17.5. The van der Waals surface area contributed by atoms with E-state index in [0.29, 0.717) is 17.0 Å². The molecule has 2 N–H and O–H groups in total. The molecule has 0 aliphatic heterocycles. The van der Waals surface area contributed by atoms with Crippen LogP contribution in [0, 0.1) is 13.8 Å². The Morgan fingerprint density at radius 3 is 2.38 bits per heavy atom. The van der Waals surface area contributed by atoms with Gasteiger partial charge >= 0.3 is 0 Å². The van der Waals surface area contributed by atoms with E-state index in [1.807, 2.05) is 19.9 Å². The van der Waals surface area contributed by atoms with Gasteiger partial charge in [0.25, 0.3) is 0 Å². The molecule has 0 saturated heterocycles. The standard InChI is InChI=1S/C19H21NO4/c1-12-5-8-18(24-3)14(10-12)16(21)7-9-19(23)20-15-6-4-13(2)11-17(15)22/h4-6,8,10-11,22H,7,9H2,1-3H3,(H,20,23). The smallest absolute Gasteiger partial charge is 0.224 e. The van der Waals surface area contributed by atoms with Gasteiger partial charge in [0.1, 0.15) is 11.5 Å². The van der Waals surface area contributed by atoms with E-state index in [2.05, 4.69) is 5.32 Å². The molecular weight excluding hydrogens is 306 g/mol. The number of Topliss-reactive ketones (excluding diaryl/α,β-unsaturated/α-hetero) is 1. The number of amides is 1. The number of phenolic OH excluding ortho intramolecular Hbond substituents is 1. The Balaban J connectivity index is 1.99. The summed E-state index contributed by atoms with van der Waals surface area (Å²) in [5.41, 5.74) is 2.66. The number of hydrogen-bond donors (Lipinski definition) is 2. The number of carbonyl (C=O) groups is 2. The highest BCUT2D eigenvalue weighted by Gasteiger charge is 2.15. The van der Waals surface area contributed by atoms with Crippen molar-refractivity contribution in [1.29, 1.82) is 0 Å². The molecule has 0 saturated carbocycles. The molecule has 0 aliphatic carbocycles. The maximum atomic E-state index is 12.3. The highest BCUT2D eigenvalue weighted by molar-refractivity contribution is 6.02. The summed E-state index contributed by atoms with van der Waals surface area (Å²) in [7, 11) is 1.51. The molecule has 0 aliphatic rings. The molecule has 5 heteroatoms. The zero-order chi connectivity index (χ0) is 17.7. The summed E-state index contributed by atoms with van der Waals surface area (Å²) in [6, 6.07) is 10.4. The molecule has 24 heavy (non-hydrogen) atoms. The maximum absolute atomic E-state index is 12.3. The topological polar surface area (TPSA) is 75.6 Å². The van der Waals surface area contributed by atoms with Crippen LogP contribution in [0.1, 0.15) is 34.3 Å². The van der Waals surface area contributed by atoms with Gasteiger partial charge in [0, 0.05) is 12.8 Å². The van der Waals surface area contributed by atoms with Crippen LogP contribution in [0.3, 0.4) is 0 Å². The Labute approximate surface area is 141 Å². The number of hydrogen-bond acceptors (Lipinski definition) is 4. The Hall–Kier alpha value is -2.82. The van der Waals surface area contributed by atoms with Crippen molar-refractivity contribution in [3.63, 3.8) is 0 Å². The first-order valence-corrected chi connectivity index (χ1v) is 7.68. The molecule has 0 atom stereocenters. The molecule has 0 spiro atoms. The number of benzene rings is 2. The fourth-order valence-corrected chi connectivity index (χ4v) is 2.36. The second-order valence-electron chi connectivity index (χ2n) is 5.70. The minimum absolute atomic E-state index is 0.00929. The van der Waals surface area contributed by atoms with E-state index in [1.165, 1.54) is 7.11 Å². The van der Waals surface area contributed by atoms with Crippen LogP contribution in [0.5, 0.6) is 11.5 Å². The van der Waals surface area contributed by atoms with E-state index in [4.69, 9.17) is 4.74 Å². The second-order valence-corrected chi connectivity index (χ2v) is 5.70. The first-order valence-electron chi connectivity index (χ1n) is 7.68. The van der Waals surface area contributed by atoms with Gasteiger partial charge in [0.15, 0.2) is 5.78 Å². The third-order valence-electron chi connectivity index (χ3n) is 3.66. The maximum Gasteiger partial charge on any atom is 0.224 e. The SMILES string of the molecule is COc1ccc(C)cc1C(=O)CCC(=O)Nc1ccc(C)cc1O. The Morgan fingerprint density at radius 2 is 1.71 bits per heavy atom. The van der Waals surface area contributed by atoms with E-state index >= 15 is 0 Å². The van der Waals surface area contributed by atoms with Crippen LogP contribution >= 0.6 is 0 Å². The average Bonchev–Trinajstić information content (AvgIpc) is 2.55. The van der Waals surface area contributed by atoms with Crippen LogP contribution in [-0.4, -0.2) is 23.9 Å². The van der Waals surface area contributed by atoms with Crippen LogP contribution in [0.25, 0.3) is 0 Å². The molecular formula is C19H21NO4. The van der Waals surface area contributed by atoms with Crippen LogP contribution in [0.15, 0.2) is 36.4 Å². The fourth-order valence-electron chi connectivity index (χ4n) is 2.36. The van der Waals surface area contributed by atoms with Gasteiger partial charge in [-0.05, 0) is 43.7 Å². The second kappa shape index (κ2) is 7.64. The zero-order valence-electron chi connectivity index (χ0n) is 14.1. The lowest BCUT2D eigenvalue weighted by atomic mass is 10.0. The molecule has 5 nitrogen and oxygen atoms in total. The van der Waals surface area contributed by atoms with Crippen LogP contribution < -0.4 is 10.1 Å². The number of phenols is 1. The number of methoxy groups -OCH3 is 1. The van der Waals surface area contributed by atoms with E-state index < -0.39 is 0 Å². The number of anilines is 1. The lowest BCUT2D eigenvalue weighted by Crippen LogP contribution is -2.14. The van der Waals surface area contributed by atoms with Crippen LogP contribution in [0.2, 0.25) is 0 Å². The van der Waals surface area contributed by atoms with Crippen LogP contribution in [-0.2, 0) is 4.79 Å². The van der Waals surface area contributed by atoms with Crippen molar-refractivity contribution in [2.45, 2.75) is 26.7 Å². The molecule has 0 fully saturated rings. The summed E-state index contributed by atoms with van der Waals surface area (Å²) in [4.78, 5) is 24.3. The molecule has 1 amide bonds. The summed E-state index contributed by atoms with van der Waals surface area (Å²) in [5.74, 6) is 0.0326. The Morgan fingerprint density at radius 1 is 1.04 bits per heavy atom. The quantitative estimate of drug-likeness (QED) is 0.627. The van der Waals surface area contributed by atoms with E-state index in [1.54, 1.807) is 30.3 Å². The van der Waals surface area contributed by atoms with Gasteiger partial charge in [-0.25, -0.2) is 0 Å². The lowest BCUT2D eigenvalue weighted by Gasteiger charge is -2.10. The van der Waals surface area contributed by atoms with Gasteiger partial charge in [-0.2, -0.15) is 0 Å². The van der Waals surface area contributed by atoms with E-state index in [9.17, 15) is 14.7 Å². The zero-order valence-corrected chi connectivity index (χ0v) is 14.1. The molecule has 0 unspecified atom stereocenters. The molecule has 2 aromatic rings. The molecule has 0 heterocycles. The summed E-state index contributed by atoms with van der Waals surface area (Å²) >= 11 is 0. The van der Waals surface area contributed by atoms with Crippen LogP contribution in [0.4, 0.5) is 5.69 Å². The van der Waals surface area contributed by atoms with Crippen molar-refractivity contribution < 1.29 is 19.4 Å². The molecule has 2 rings (SSSR count). The van der Waals surface area contributed by atoms with Crippen molar-refractivity contribution in [3.8, 4) is 11.5 Å². The van der Waals surface area contributed by atoms with Gasteiger partial charge < -0.3 is 15.2 Å². The Bertz CT molecular complexity index is 768. The summed E-state index contributed by atoms with van der Waals surface area (Å²) in [5, 5.41) is 12.4. The van der Waals surface area contributed by atoms with Crippen molar-refractivity contribution in [3.05, 3.63) is 53.1 Å². The van der Waals surface area contributed by atoms with Gasteiger partial charge in [-0.3, -0.25) is 9.59 Å². The number of rotatable bonds is 6. The van der Waals surface area contributed by atoms with Crippen molar-refractivity contribution in [1.82, 2.24) is 0 Å². The summed E-state index contributed by atoms with van der Waals surface area (Å²) in [6.07, 6.45) is 0.0987. The van der Waals surface area contributed by atoms with Crippen molar-refractivity contribution in [2.24, 2.45) is 0 Å². The largest absolute Gasteiger partial charge is 0.506 e. The molecule has 0 bridgehead atoms. The summed E-state index contributed by atoms with van der Waals surface area (Å²) in [6.45, 7) is 3.74. The van der Waals surface area contributed by atoms with Gasteiger partial charge in [0.05, 0.1) is 18.4 Å². The van der Waals surface area contributed by atoms with E-state index in [-0.39, 0.29) is 30.3 Å². The Kier molecular flexibility index (Phi) is 5.58. The highest BCUT2D eigenvalue weighted by Crippen LogP contribution is 2.25. The number of ketones is 1. The highest BCUT2D eigenvalue weighted by atomic mass is 16.5. The molecule has 0 aromatic heterocycles. The third kappa shape index (κ3) is 4.35.